The summed E-state index contributed by atoms with van der Waals surface area (Å²) in [6.45, 7) is 0.307. The summed E-state index contributed by atoms with van der Waals surface area (Å²) in [5.74, 6) is 0.330. The molecule has 6 nitrogen and oxygen atoms in total. The van der Waals surface area contributed by atoms with Gasteiger partial charge in [-0.2, -0.15) is 4.98 Å². The van der Waals surface area contributed by atoms with Crippen molar-refractivity contribution in [1.29, 1.82) is 0 Å². The van der Waals surface area contributed by atoms with Crippen LogP contribution < -0.4 is 5.32 Å². The van der Waals surface area contributed by atoms with Gasteiger partial charge >= 0.3 is 12.0 Å². The van der Waals surface area contributed by atoms with Crippen molar-refractivity contribution < 1.29 is 14.4 Å². The van der Waals surface area contributed by atoms with E-state index in [2.05, 4.69) is 15.5 Å². The second-order valence-corrected chi connectivity index (χ2v) is 3.30. The van der Waals surface area contributed by atoms with Gasteiger partial charge in [0, 0.05) is 12.5 Å². The minimum atomic E-state index is -0.848. The van der Waals surface area contributed by atoms with Crippen LogP contribution in [0.5, 0.6) is 0 Å². The van der Waals surface area contributed by atoms with Gasteiger partial charge in [0.25, 0.3) is 0 Å². The largest absolute Gasteiger partial charge is 0.481 e. The van der Waals surface area contributed by atoms with E-state index in [-0.39, 0.29) is 6.42 Å². The molecular weight excluding hydrogens is 186 g/mol. The van der Waals surface area contributed by atoms with E-state index in [0.717, 1.165) is 18.7 Å². The number of carboxylic acid groups (broad SMARTS) is 1. The molecule has 0 amide bonds. The van der Waals surface area contributed by atoms with E-state index in [1.54, 1.807) is 0 Å². The van der Waals surface area contributed by atoms with E-state index in [9.17, 15) is 4.79 Å². The highest BCUT2D eigenvalue weighted by Gasteiger charge is 2.28. The first kappa shape index (κ1) is 8.98. The van der Waals surface area contributed by atoms with Gasteiger partial charge in [-0.3, -0.25) is 4.79 Å². The van der Waals surface area contributed by atoms with E-state index in [0.29, 0.717) is 18.5 Å². The number of rotatable bonds is 5. The molecule has 0 bridgehead atoms. The third-order valence-corrected chi connectivity index (χ3v) is 2.00. The number of aliphatic carboxylic acids is 1. The van der Waals surface area contributed by atoms with Gasteiger partial charge in [0.05, 0.1) is 6.42 Å². The summed E-state index contributed by atoms with van der Waals surface area (Å²) in [4.78, 5) is 14.3. The summed E-state index contributed by atoms with van der Waals surface area (Å²) in [5.41, 5.74) is 0. The molecule has 0 aromatic carbocycles. The highest BCUT2D eigenvalue weighted by molar-refractivity contribution is 5.67. The predicted molar refractivity (Wildman–Crippen MR) is 47.0 cm³/mol. The molecule has 1 aromatic heterocycles. The Morgan fingerprint density at radius 3 is 3.07 bits per heavy atom. The van der Waals surface area contributed by atoms with Crippen molar-refractivity contribution in [1.82, 2.24) is 10.1 Å². The average molecular weight is 197 g/mol. The van der Waals surface area contributed by atoms with E-state index in [1.165, 1.54) is 0 Å². The molecule has 1 fully saturated rings. The van der Waals surface area contributed by atoms with Crippen molar-refractivity contribution in [3.8, 4) is 0 Å². The maximum Gasteiger partial charge on any atom is 0.321 e. The van der Waals surface area contributed by atoms with Crippen LogP contribution in [-0.4, -0.2) is 27.8 Å². The number of hydrogen-bond donors (Lipinski definition) is 2. The van der Waals surface area contributed by atoms with Crippen molar-refractivity contribution in [3.63, 3.8) is 0 Å². The maximum atomic E-state index is 10.2. The fourth-order valence-electron chi connectivity index (χ4n) is 1.09. The summed E-state index contributed by atoms with van der Waals surface area (Å²) in [5, 5.41) is 14.9. The lowest BCUT2D eigenvalue weighted by atomic mass is 10.4. The molecule has 1 aliphatic carbocycles. The van der Waals surface area contributed by atoms with Crippen LogP contribution in [0, 0.1) is 0 Å². The van der Waals surface area contributed by atoms with E-state index >= 15 is 0 Å². The molecule has 0 aliphatic heterocycles. The van der Waals surface area contributed by atoms with Crippen molar-refractivity contribution >= 4 is 12.0 Å². The number of carbonyl (C=O) groups is 1. The monoisotopic (exact) mass is 197 g/mol. The first-order valence-electron chi connectivity index (χ1n) is 4.55. The third-order valence-electron chi connectivity index (χ3n) is 2.00. The second-order valence-electron chi connectivity index (χ2n) is 3.30. The summed E-state index contributed by atoms with van der Waals surface area (Å²) in [7, 11) is 0. The quantitative estimate of drug-likeness (QED) is 0.726. The van der Waals surface area contributed by atoms with Gasteiger partial charge in [-0.15, -0.1) is 0 Å². The van der Waals surface area contributed by atoms with Gasteiger partial charge in [0.2, 0.25) is 0 Å². The van der Waals surface area contributed by atoms with Gasteiger partial charge in [0.1, 0.15) is 0 Å². The molecule has 0 unspecified atom stereocenters. The van der Waals surface area contributed by atoms with Crippen molar-refractivity contribution in [3.05, 3.63) is 5.82 Å². The molecule has 76 valence electrons. The Labute approximate surface area is 80.3 Å². The van der Waals surface area contributed by atoms with Crippen molar-refractivity contribution in [2.75, 3.05) is 11.9 Å². The Hall–Kier alpha value is -1.59. The normalized spacial score (nSPS) is 15.4. The molecule has 1 saturated carbocycles. The van der Waals surface area contributed by atoms with Crippen LogP contribution in [0.1, 0.15) is 31.0 Å². The number of nitrogens with one attached hydrogen (secondary N) is 1. The summed E-state index contributed by atoms with van der Waals surface area (Å²) in [6, 6.07) is 0.313. The molecule has 0 saturated heterocycles. The fraction of sp³-hybridized carbons (Fsp3) is 0.625. The van der Waals surface area contributed by atoms with Gasteiger partial charge in [-0.05, 0) is 12.8 Å². The standard InChI is InChI=1S/C8H11N3O3/c12-6(13)3-4-9-8-10-7(11-14-8)5-1-2-5/h5H,1-4H2,(H,12,13)(H,9,10,11). The Balaban J connectivity index is 1.80. The summed E-state index contributed by atoms with van der Waals surface area (Å²) < 4.78 is 4.88. The van der Waals surface area contributed by atoms with Crippen LogP contribution in [0.25, 0.3) is 0 Å². The number of hydrogen-bond acceptors (Lipinski definition) is 5. The predicted octanol–water partition coefficient (Wildman–Crippen LogP) is 0.834. The van der Waals surface area contributed by atoms with Crippen LogP contribution in [0.2, 0.25) is 0 Å². The molecule has 0 radical (unpaired) electrons. The second kappa shape index (κ2) is 3.65. The summed E-state index contributed by atoms with van der Waals surface area (Å²) in [6.07, 6.45) is 2.28. The average Bonchev–Trinajstić information content (AvgIpc) is 2.87. The van der Waals surface area contributed by atoms with Crippen LogP contribution in [-0.2, 0) is 4.79 Å². The molecule has 6 heteroatoms. The lowest BCUT2D eigenvalue weighted by Crippen LogP contribution is -2.07. The molecule has 2 rings (SSSR count). The number of aromatic nitrogens is 2. The molecule has 1 heterocycles. The molecule has 0 atom stereocenters. The molecule has 2 N–H and O–H groups in total. The zero-order chi connectivity index (χ0) is 9.97. The molecular formula is C8H11N3O3. The van der Waals surface area contributed by atoms with Crippen molar-refractivity contribution in [2.24, 2.45) is 0 Å². The van der Waals surface area contributed by atoms with Gasteiger partial charge in [0.15, 0.2) is 5.82 Å². The third kappa shape index (κ3) is 2.21. The molecule has 1 aromatic rings. The van der Waals surface area contributed by atoms with Gasteiger partial charge in [-0.1, -0.05) is 5.16 Å². The minimum absolute atomic E-state index is 0.0428. The van der Waals surface area contributed by atoms with E-state index < -0.39 is 5.97 Å². The lowest BCUT2D eigenvalue weighted by molar-refractivity contribution is -0.136. The summed E-state index contributed by atoms with van der Waals surface area (Å²) >= 11 is 0. The Morgan fingerprint density at radius 1 is 1.64 bits per heavy atom. The topological polar surface area (TPSA) is 88.2 Å². The fourth-order valence-corrected chi connectivity index (χ4v) is 1.09. The van der Waals surface area contributed by atoms with Crippen LogP contribution in [0.15, 0.2) is 4.52 Å². The highest BCUT2D eigenvalue weighted by atomic mass is 16.5. The Bertz CT molecular complexity index is 332. The van der Waals surface area contributed by atoms with E-state index in [4.69, 9.17) is 9.63 Å². The number of anilines is 1. The minimum Gasteiger partial charge on any atom is -0.481 e. The van der Waals surface area contributed by atoms with Gasteiger partial charge in [-0.25, -0.2) is 0 Å². The SMILES string of the molecule is O=C(O)CCNc1nc(C2CC2)no1. The lowest BCUT2D eigenvalue weighted by Gasteiger charge is -1.95. The first-order valence-corrected chi connectivity index (χ1v) is 4.55. The maximum absolute atomic E-state index is 10.2. The molecule has 14 heavy (non-hydrogen) atoms. The highest BCUT2D eigenvalue weighted by Crippen LogP contribution is 2.38. The van der Waals surface area contributed by atoms with Crippen LogP contribution >= 0.6 is 0 Å². The number of nitrogens with zero attached hydrogens (tertiary/aromatic N) is 2. The van der Waals surface area contributed by atoms with Crippen LogP contribution in [0.3, 0.4) is 0 Å². The first-order chi connectivity index (χ1) is 6.75. The number of carboxylic acids is 1. The van der Waals surface area contributed by atoms with E-state index in [1.807, 2.05) is 0 Å². The zero-order valence-corrected chi connectivity index (χ0v) is 7.56. The van der Waals surface area contributed by atoms with Crippen molar-refractivity contribution in [2.45, 2.75) is 25.2 Å². The van der Waals surface area contributed by atoms with Gasteiger partial charge < -0.3 is 14.9 Å². The Kier molecular flexibility index (Phi) is 2.34. The smallest absolute Gasteiger partial charge is 0.321 e. The zero-order valence-electron chi connectivity index (χ0n) is 7.56. The Morgan fingerprint density at radius 2 is 2.43 bits per heavy atom. The molecule has 0 spiro atoms. The molecule has 1 aliphatic rings. The van der Waals surface area contributed by atoms with Crippen LogP contribution in [0.4, 0.5) is 6.01 Å².